The van der Waals surface area contributed by atoms with Crippen molar-refractivity contribution in [2.75, 3.05) is 11.9 Å². The molecule has 2 rings (SSSR count). The molecule has 0 aliphatic rings. The van der Waals surface area contributed by atoms with Crippen LogP contribution in [0.3, 0.4) is 0 Å². The molecule has 1 N–H and O–H groups in total. The number of rotatable bonds is 6. The Hall–Kier alpha value is -1.88. The molecule has 2 aromatic rings. The predicted octanol–water partition coefficient (Wildman–Crippen LogP) is 4.96. The van der Waals surface area contributed by atoms with E-state index in [4.69, 9.17) is 0 Å². The molecule has 0 radical (unpaired) electrons. The van der Waals surface area contributed by atoms with Crippen molar-refractivity contribution in [3.63, 3.8) is 0 Å². The lowest BCUT2D eigenvalue weighted by molar-refractivity contribution is -0.385. The van der Waals surface area contributed by atoms with Gasteiger partial charge in [0.05, 0.1) is 9.40 Å². The molecule has 1 unspecified atom stereocenters. The van der Waals surface area contributed by atoms with Gasteiger partial charge in [-0.1, -0.05) is 37.3 Å². The molecule has 0 amide bonds. The summed E-state index contributed by atoms with van der Waals surface area (Å²) in [7, 11) is 0. The number of anilines is 1. The van der Waals surface area contributed by atoms with E-state index in [0.717, 1.165) is 18.7 Å². The smallest absolute Gasteiger partial charge is 0.285 e. The summed E-state index contributed by atoms with van der Waals surface area (Å²) in [5.41, 5.74) is 2.15. The van der Waals surface area contributed by atoms with Gasteiger partial charge < -0.3 is 5.32 Å². The van der Waals surface area contributed by atoms with E-state index in [-0.39, 0.29) is 10.6 Å². The summed E-state index contributed by atoms with van der Waals surface area (Å²) in [5, 5.41) is 14.1. The largest absolute Gasteiger partial charge is 0.385 e. The van der Waals surface area contributed by atoms with Crippen LogP contribution in [0.2, 0.25) is 0 Å². The number of nitrogens with zero attached hydrogens (tertiary/aromatic N) is 1. The highest BCUT2D eigenvalue weighted by atomic mass is 79.9. The molecule has 0 aromatic heterocycles. The summed E-state index contributed by atoms with van der Waals surface area (Å²) in [6, 6.07) is 15.4. The van der Waals surface area contributed by atoms with Crippen LogP contribution >= 0.6 is 15.9 Å². The molecule has 0 aliphatic carbocycles. The number of halogens is 1. The number of nitro groups is 1. The molecule has 5 heteroatoms. The maximum Gasteiger partial charge on any atom is 0.285 e. The number of nitrogens with one attached hydrogen (secondary N) is 1. The zero-order chi connectivity index (χ0) is 15.2. The van der Waals surface area contributed by atoms with Crippen LogP contribution in [0.4, 0.5) is 11.4 Å². The molecule has 0 spiro atoms. The van der Waals surface area contributed by atoms with E-state index in [2.05, 4.69) is 40.3 Å². The van der Waals surface area contributed by atoms with E-state index < -0.39 is 0 Å². The second-order valence-corrected chi connectivity index (χ2v) is 5.80. The Morgan fingerprint density at radius 2 is 1.95 bits per heavy atom. The molecule has 2 aromatic carbocycles. The number of hydrogen-bond donors (Lipinski definition) is 1. The van der Waals surface area contributed by atoms with E-state index >= 15 is 0 Å². The summed E-state index contributed by atoms with van der Waals surface area (Å²) >= 11 is 3.18. The molecular formula is C16H17BrN2O2. The maximum atomic E-state index is 10.9. The third-order valence-corrected chi connectivity index (χ3v) is 4.09. The Morgan fingerprint density at radius 1 is 1.24 bits per heavy atom. The molecule has 0 saturated carbocycles. The van der Waals surface area contributed by atoms with Gasteiger partial charge in [-0.05, 0) is 46.0 Å². The van der Waals surface area contributed by atoms with Gasteiger partial charge in [-0.3, -0.25) is 10.1 Å². The summed E-state index contributed by atoms with van der Waals surface area (Å²) in [6.45, 7) is 2.95. The highest BCUT2D eigenvalue weighted by Crippen LogP contribution is 2.28. The SMILES string of the molecule is CC(CCNc1ccc(Br)c([N+](=O)[O-])c1)c1ccccc1. The molecule has 1 atom stereocenters. The molecule has 21 heavy (non-hydrogen) atoms. The third-order valence-electron chi connectivity index (χ3n) is 3.42. The Bertz CT molecular complexity index is 617. The first-order valence-electron chi connectivity index (χ1n) is 6.80. The van der Waals surface area contributed by atoms with Crippen molar-refractivity contribution in [3.8, 4) is 0 Å². The van der Waals surface area contributed by atoms with Crippen LogP contribution in [0.1, 0.15) is 24.8 Å². The Balaban J connectivity index is 1.92. The van der Waals surface area contributed by atoms with E-state index in [1.165, 1.54) is 5.56 Å². The van der Waals surface area contributed by atoms with Crippen molar-refractivity contribution in [2.24, 2.45) is 0 Å². The summed E-state index contributed by atoms with van der Waals surface area (Å²) < 4.78 is 0.496. The van der Waals surface area contributed by atoms with Crippen LogP contribution in [-0.4, -0.2) is 11.5 Å². The molecule has 0 fully saturated rings. The quantitative estimate of drug-likeness (QED) is 0.592. The van der Waals surface area contributed by atoms with Gasteiger partial charge in [0.2, 0.25) is 0 Å². The predicted molar refractivity (Wildman–Crippen MR) is 88.8 cm³/mol. The second-order valence-electron chi connectivity index (χ2n) is 4.95. The van der Waals surface area contributed by atoms with Gasteiger partial charge in [0.15, 0.2) is 0 Å². The van der Waals surface area contributed by atoms with Crippen LogP contribution in [-0.2, 0) is 0 Å². The molecule has 0 saturated heterocycles. The third kappa shape index (κ3) is 4.29. The molecule has 0 heterocycles. The standard InChI is InChI=1S/C16H17BrN2O2/c1-12(13-5-3-2-4-6-13)9-10-18-14-7-8-15(17)16(11-14)19(20)21/h2-8,11-12,18H,9-10H2,1H3. The minimum atomic E-state index is -0.387. The van der Waals surface area contributed by atoms with Gasteiger partial charge in [-0.15, -0.1) is 0 Å². The van der Waals surface area contributed by atoms with Crippen molar-refractivity contribution in [2.45, 2.75) is 19.3 Å². The van der Waals surface area contributed by atoms with Crippen LogP contribution in [0.15, 0.2) is 53.0 Å². The molecule has 4 nitrogen and oxygen atoms in total. The number of hydrogen-bond acceptors (Lipinski definition) is 3. The van der Waals surface area contributed by atoms with Gasteiger partial charge >= 0.3 is 0 Å². The molecular weight excluding hydrogens is 332 g/mol. The van der Waals surface area contributed by atoms with E-state index in [1.807, 2.05) is 24.3 Å². The van der Waals surface area contributed by atoms with Crippen LogP contribution < -0.4 is 5.32 Å². The Morgan fingerprint density at radius 3 is 2.62 bits per heavy atom. The average molecular weight is 349 g/mol. The lowest BCUT2D eigenvalue weighted by atomic mass is 9.98. The summed E-state index contributed by atoms with van der Waals surface area (Å²) in [4.78, 5) is 10.5. The zero-order valence-electron chi connectivity index (χ0n) is 11.8. The van der Waals surface area contributed by atoms with Crippen molar-refractivity contribution in [1.82, 2.24) is 0 Å². The average Bonchev–Trinajstić information content (AvgIpc) is 2.49. The maximum absolute atomic E-state index is 10.9. The minimum absolute atomic E-state index is 0.0797. The first-order chi connectivity index (χ1) is 10.1. The minimum Gasteiger partial charge on any atom is -0.385 e. The van der Waals surface area contributed by atoms with Crippen molar-refractivity contribution >= 4 is 27.3 Å². The van der Waals surface area contributed by atoms with E-state index in [0.29, 0.717) is 10.4 Å². The lowest BCUT2D eigenvalue weighted by Crippen LogP contribution is -2.06. The molecule has 0 aliphatic heterocycles. The Labute approximate surface area is 132 Å². The molecule has 110 valence electrons. The van der Waals surface area contributed by atoms with Crippen LogP contribution in [0, 0.1) is 10.1 Å². The monoisotopic (exact) mass is 348 g/mol. The van der Waals surface area contributed by atoms with Crippen molar-refractivity contribution in [3.05, 3.63) is 68.7 Å². The first-order valence-corrected chi connectivity index (χ1v) is 7.60. The fourth-order valence-corrected chi connectivity index (χ4v) is 2.54. The topological polar surface area (TPSA) is 55.2 Å². The zero-order valence-corrected chi connectivity index (χ0v) is 13.3. The fourth-order valence-electron chi connectivity index (χ4n) is 2.14. The second kappa shape index (κ2) is 7.22. The number of nitro benzene ring substituents is 1. The van der Waals surface area contributed by atoms with Crippen LogP contribution in [0.25, 0.3) is 0 Å². The fraction of sp³-hybridized carbons (Fsp3) is 0.250. The highest BCUT2D eigenvalue weighted by molar-refractivity contribution is 9.10. The number of benzene rings is 2. The normalized spacial score (nSPS) is 11.9. The lowest BCUT2D eigenvalue weighted by Gasteiger charge is -2.13. The van der Waals surface area contributed by atoms with Gasteiger partial charge in [0.25, 0.3) is 5.69 Å². The van der Waals surface area contributed by atoms with Gasteiger partial charge in [-0.25, -0.2) is 0 Å². The summed E-state index contributed by atoms with van der Waals surface area (Å²) in [6.07, 6.45) is 0.966. The van der Waals surface area contributed by atoms with Crippen molar-refractivity contribution in [1.29, 1.82) is 0 Å². The van der Waals surface area contributed by atoms with Gasteiger partial charge in [-0.2, -0.15) is 0 Å². The highest BCUT2D eigenvalue weighted by Gasteiger charge is 2.12. The van der Waals surface area contributed by atoms with Gasteiger partial charge in [0.1, 0.15) is 0 Å². The summed E-state index contributed by atoms with van der Waals surface area (Å²) in [5.74, 6) is 0.448. The van der Waals surface area contributed by atoms with Crippen molar-refractivity contribution < 1.29 is 4.92 Å². The van der Waals surface area contributed by atoms with Crippen LogP contribution in [0.5, 0.6) is 0 Å². The van der Waals surface area contributed by atoms with E-state index in [1.54, 1.807) is 12.1 Å². The molecule has 0 bridgehead atoms. The first kappa shape index (κ1) is 15.5. The van der Waals surface area contributed by atoms with E-state index in [9.17, 15) is 10.1 Å². The van der Waals surface area contributed by atoms with Gasteiger partial charge in [0, 0.05) is 18.3 Å². The Kier molecular flexibility index (Phi) is 5.33.